The van der Waals surface area contributed by atoms with Gasteiger partial charge < -0.3 is 0 Å². The molecule has 2 aromatic rings. The zero-order chi connectivity index (χ0) is 15.5. The molecule has 0 radical (unpaired) electrons. The topological polar surface area (TPSA) is 46.2 Å². The van der Waals surface area contributed by atoms with Crippen molar-refractivity contribution >= 4 is 37.6 Å². The van der Waals surface area contributed by atoms with Crippen molar-refractivity contribution in [2.75, 3.05) is 6.54 Å². The quantitative estimate of drug-likeness (QED) is 0.843. The molecule has 0 aliphatic heterocycles. The second kappa shape index (κ2) is 6.92. The number of benzene rings is 2. The number of hydrogen-bond donors (Lipinski definition) is 1. The van der Waals surface area contributed by atoms with E-state index in [1.165, 1.54) is 12.1 Å². The van der Waals surface area contributed by atoms with Crippen LogP contribution in [0.2, 0.25) is 5.02 Å². The van der Waals surface area contributed by atoms with Gasteiger partial charge in [0.2, 0.25) is 10.0 Å². The van der Waals surface area contributed by atoms with Crippen LogP contribution in [0.25, 0.3) is 0 Å². The van der Waals surface area contributed by atoms with Crippen molar-refractivity contribution < 1.29 is 8.42 Å². The highest BCUT2D eigenvalue weighted by atomic mass is 79.9. The molecule has 21 heavy (non-hydrogen) atoms. The Morgan fingerprint density at radius 2 is 1.95 bits per heavy atom. The average molecular weight is 389 g/mol. The molecule has 0 saturated heterocycles. The molecule has 3 nitrogen and oxygen atoms in total. The Bertz CT molecular complexity index is 747. The van der Waals surface area contributed by atoms with Crippen LogP contribution in [0.1, 0.15) is 11.1 Å². The van der Waals surface area contributed by atoms with Gasteiger partial charge in [-0.2, -0.15) is 0 Å². The van der Waals surface area contributed by atoms with Crippen LogP contribution in [-0.2, 0) is 16.4 Å². The lowest BCUT2D eigenvalue weighted by Gasteiger charge is -2.08. The number of nitrogens with one attached hydrogen (secondary N) is 1. The second-order valence-corrected chi connectivity index (χ2v) is 7.74. The molecule has 2 aromatic carbocycles. The first-order chi connectivity index (χ1) is 9.88. The highest BCUT2D eigenvalue weighted by molar-refractivity contribution is 9.10. The standard InChI is InChI=1S/C15H15BrClNO2S/c1-11-3-2-4-12(9-11)7-8-18-21(19,20)13-5-6-15(17)14(16)10-13/h2-6,9-10,18H,7-8H2,1H3. The van der Waals surface area contributed by atoms with E-state index in [2.05, 4.69) is 20.7 Å². The highest BCUT2D eigenvalue weighted by Gasteiger charge is 2.14. The third-order valence-corrected chi connectivity index (χ3v) is 5.66. The Kier molecular flexibility index (Phi) is 5.43. The molecule has 1 N–H and O–H groups in total. The molecule has 0 aliphatic rings. The third kappa shape index (κ3) is 4.54. The van der Waals surface area contributed by atoms with Gasteiger partial charge in [0, 0.05) is 11.0 Å². The lowest BCUT2D eigenvalue weighted by atomic mass is 10.1. The monoisotopic (exact) mass is 387 g/mol. The van der Waals surface area contributed by atoms with Crippen LogP contribution in [0.15, 0.2) is 51.8 Å². The summed E-state index contributed by atoms with van der Waals surface area (Å²) < 4.78 is 27.5. The van der Waals surface area contributed by atoms with Gasteiger partial charge in [-0.05, 0) is 53.0 Å². The fourth-order valence-corrected chi connectivity index (χ4v) is 3.63. The fraction of sp³-hybridized carbons (Fsp3) is 0.200. The van der Waals surface area contributed by atoms with Crippen LogP contribution in [0.4, 0.5) is 0 Å². The maximum absolute atomic E-state index is 12.2. The van der Waals surface area contributed by atoms with Crippen LogP contribution < -0.4 is 4.72 Å². The van der Waals surface area contributed by atoms with E-state index in [9.17, 15) is 8.42 Å². The largest absolute Gasteiger partial charge is 0.240 e. The van der Waals surface area contributed by atoms with Gasteiger partial charge in [0.05, 0.1) is 9.92 Å². The summed E-state index contributed by atoms with van der Waals surface area (Å²) in [6, 6.07) is 12.6. The number of aryl methyl sites for hydroxylation is 1. The minimum Gasteiger partial charge on any atom is -0.211 e. The number of halogens is 2. The predicted octanol–water partition coefficient (Wildman–Crippen LogP) is 3.93. The molecule has 0 saturated carbocycles. The molecule has 0 bridgehead atoms. The minimum atomic E-state index is -3.52. The fourth-order valence-electron chi connectivity index (χ4n) is 1.92. The zero-order valence-corrected chi connectivity index (χ0v) is 14.6. The van der Waals surface area contributed by atoms with E-state index in [1.54, 1.807) is 6.07 Å². The summed E-state index contributed by atoms with van der Waals surface area (Å²) >= 11 is 9.10. The van der Waals surface area contributed by atoms with Gasteiger partial charge in [-0.25, -0.2) is 13.1 Å². The van der Waals surface area contributed by atoms with Gasteiger partial charge in [0.25, 0.3) is 0 Å². The Balaban J connectivity index is 2.03. The Morgan fingerprint density at radius 3 is 2.62 bits per heavy atom. The lowest BCUT2D eigenvalue weighted by molar-refractivity contribution is 0.581. The van der Waals surface area contributed by atoms with Crippen molar-refractivity contribution in [2.45, 2.75) is 18.2 Å². The van der Waals surface area contributed by atoms with Crippen molar-refractivity contribution in [3.63, 3.8) is 0 Å². The SMILES string of the molecule is Cc1cccc(CCNS(=O)(=O)c2ccc(Cl)c(Br)c2)c1. The molecule has 0 heterocycles. The van der Waals surface area contributed by atoms with Crippen molar-refractivity contribution in [3.05, 3.63) is 63.1 Å². The summed E-state index contributed by atoms with van der Waals surface area (Å²) in [5.41, 5.74) is 2.27. The molecule has 2 rings (SSSR count). The minimum absolute atomic E-state index is 0.197. The highest BCUT2D eigenvalue weighted by Crippen LogP contribution is 2.25. The molecule has 0 unspecified atom stereocenters. The summed E-state index contributed by atoms with van der Waals surface area (Å²) in [5, 5.41) is 0.480. The molecular weight excluding hydrogens is 374 g/mol. The van der Waals surface area contributed by atoms with Gasteiger partial charge in [-0.1, -0.05) is 41.4 Å². The maximum Gasteiger partial charge on any atom is 0.240 e. The first-order valence-corrected chi connectivity index (χ1v) is 9.04. The van der Waals surface area contributed by atoms with Crippen LogP contribution in [-0.4, -0.2) is 15.0 Å². The predicted molar refractivity (Wildman–Crippen MR) is 89.2 cm³/mol. The van der Waals surface area contributed by atoms with E-state index in [4.69, 9.17) is 11.6 Å². The van der Waals surface area contributed by atoms with E-state index >= 15 is 0 Å². The van der Waals surface area contributed by atoms with E-state index in [0.29, 0.717) is 22.5 Å². The van der Waals surface area contributed by atoms with Crippen LogP contribution in [0.3, 0.4) is 0 Å². The van der Waals surface area contributed by atoms with E-state index in [-0.39, 0.29) is 4.90 Å². The maximum atomic E-state index is 12.2. The van der Waals surface area contributed by atoms with Crippen LogP contribution in [0.5, 0.6) is 0 Å². The summed E-state index contributed by atoms with van der Waals surface area (Å²) in [4.78, 5) is 0.197. The van der Waals surface area contributed by atoms with Crippen molar-refractivity contribution in [3.8, 4) is 0 Å². The first kappa shape index (κ1) is 16.5. The number of hydrogen-bond acceptors (Lipinski definition) is 2. The molecule has 0 aromatic heterocycles. The van der Waals surface area contributed by atoms with Gasteiger partial charge in [0.15, 0.2) is 0 Å². The van der Waals surface area contributed by atoms with Gasteiger partial charge in [0.1, 0.15) is 0 Å². The Hall–Kier alpha value is -0.880. The lowest BCUT2D eigenvalue weighted by Crippen LogP contribution is -2.26. The number of sulfonamides is 1. The third-order valence-electron chi connectivity index (χ3n) is 2.99. The average Bonchev–Trinajstić information content (AvgIpc) is 2.41. The Labute approximate surface area is 138 Å². The first-order valence-electron chi connectivity index (χ1n) is 6.39. The molecule has 0 spiro atoms. The van der Waals surface area contributed by atoms with E-state index in [1.807, 2.05) is 31.2 Å². The molecule has 0 amide bonds. The van der Waals surface area contributed by atoms with Gasteiger partial charge in [-0.15, -0.1) is 0 Å². The zero-order valence-electron chi connectivity index (χ0n) is 11.4. The summed E-state index contributed by atoms with van der Waals surface area (Å²) in [5.74, 6) is 0. The van der Waals surface area contributed by atoms with Crippen LogP contribution >= 0.6 is 27.5 Å². The summed E-state index contributed by atoms with van der Waals surface area (Å²) in [6.45, 7) is 2.37. The normalized spacial score (nSPS) is 11.6. The molecular formula is C15H15BrClNO2S. The molecule has 6 heteroatoms. The number of rotatable bonds is 5. The van der Waals surface area contributed by atoms with Gasteiger partial charge >= 0.3 is 0 Å². The summed E-state index contributed by atoms with van der Waals surface area (Å²) in [6.07, 6.45) is 0.648. The summed E-state index contributed by atoms with van der Waals surface area (Å²) in [7, 11) is -3.52. The van der Waals surface area contributed by atoms with Crippen molar-refractivity contribution in [1.29, 1.82) is 0 Å². The van der Waals surface area contributed by atoms with E-state index < -0.39 is 10.0 Å². The Morgan fingerprint density at radius 1 is 1.19 bits per heavy atom. The molecule has 112 valence electrons. The molecule has 0 fully saturated rings. The molecule has 0 aliphatic carbocycles. The smallest absolute Gasteiger partial charge is 0.211 e. The second-order valence-electron chi connectivity index (χ2n) is 4.71. The van der Waals surface area contributed by atoms with Crippen molar-refractivity contribution in [1.82, 2.24) is 4.72 Å². The van der Waals surface area contributed by atoms with E-state index in [0.717, 1.165) is 11.1 Å². The van der Waals surface area contributed by atoms with Crippen molar-refractivity contribution in [2.24, 2.45) is 0 Å². The van der Waals surface area contributed by atoms with Gasteiger partial charge in [-0.3, -0.25) is 0 Å². The van der Waals surface area contributed by atoms with Crippen LogP contribution in [0, 0.1) is 6.92 Å². The molecule has 0 atom stereocenters.